The predicted octanol–water partition coefficient (Wildman–Crippen LogP) is 2.72. The molecule has 3 heterocycles. The molecular weight excluding hydrogens is 356 g/mol. The van der Waals surface area contributed by atoms with Crippen LogP contribution in [0.3, 0.4) is 0 Å². The second-order valence-electron chi connectivity index (χ2n) is 7.50. The lowest BCUT2D eigenvalue weighted by atomic mass is 9.87. The molecule has 4 rings (SSSR count). The molecule has 7 heteroatoms. The van der Waals surface area contributed by atoms with Crippen molar-refractivity contribution in [1.29, 1.82) is 0 Å². The van der Waals surface area contributed by atoms with Crippen LogP contribution in [0.2, 0.25) is 0 Å². The number of amides is 1. The van der Waals surface area contributed by atoms with Gasteiger partial charge in [-0.1, -0.05) is 12.1 Å². The number of hydrogen-bond acceptors (Lipinski definition) is 4. The van der Waals surface area contributed by atoms with E-state index < -0.39 is 0 Å². The van der Waals surface area contributed by atoms with Crippen molar-refractivity contribution in [3.8, 4) is 0 Å². The van der Waals surface area contributed by atoms with Crippen molar-refractivity contribution in [2.75, 3.05) is 38.7 Å². The maximum Gasteiger partial charge on any atom is 0.291 e. The summed E-state index contributed by atoms with van der Waals surface area (Å²) in [5.74, 6) is 0.972. The van der Waals surface area contributed by atoms with E-state index >= 15 is 0 Å². The van der Waals surface area contributed by atoms with Crippen LogP contribution in [0.25, 0.3) is 0 Å². The topological polar surface area (TPSA) is 79.1 Å². The first-order chi connectivity index (χ1) is 13.7. The largest absolute Gasteiger partial charge is 0.459 e. The van der Waals surface area contributed by atoms with E-state index in [1.54, 1.807) is 12.1 Å². The maximum atomic E-state index is 12.0. The molecule has 1 spiro atoms. The van der Waals surface area contributed by atoms with Gasteiger partial charge in [-0.2, -0.15) is 0 Å². The van der Waals surface area contributed by atoms with Crippen LogP contribution >= 0.6 is 0 Å². The van der Waals surface area contributed by atoms with Crippen molar-refractivity contribution in [3.63, 3.8) is 0 Å². The summed E-state index contributed by atoms with van der Waals surface area (Å²) in [7, 11) is 1.83. The molecule has 7 nitrogen and oxygen atoms in total. The van der Waals surface area contributed by atoms with E-state index in [4.69, 9.17) is 9.15 Å². The second kappa shape index (κ2) is 8.06. The highest BCUT2D eigenvalue weighted by atomic mass is 16.5. The number of benzene rings is 1. The van der Waals surface area contributed by atoms with Crippen molar-refractivity contribution in [1.82, 2.24) is 10.2 Å². The van der Waals surface area contributed by atoms with Gasteiger partial charge < -0.3 is 24.7 Å². The molecule has 0 radical (unpaired) electrons. The number of aliphatic imine (C=N–C) groups is 1. The van der Waals surface area contributed by atoms with Crippen LogP contribution in [-0.2, 0) is 11.3 Å². The summed E-state index contributed by atoms with van der Waals surface area (Å²) >= 11 is 0. The molecule has 0 saturated carbocycles. The summed E-state index contributed by atoms with van der Waals surface area (Å²) < 4.78 is 10.7. The molecule has 1 unspecified atom stereocenters. The Morgan fingerprint density at radius 2 is 2.11 bits per heavy atom. The van der Waals surface area contributed by atoms with Gasteiger partial charge in [-0.05, 0) is 42.7 Å². The molecule has 1 atom stereocenters. The number of rotatable bonds is 4. The third kappa shape index (κ3) is 4.04. The highest BCUT2D eigenvalue weighted by Gasteiger charge is 2.42. The number of carbonyl (C=O) groups is 1. The fourth-order valence-corrected chi connectivity index (χ4v) is 3.91. The normalized spacial score (nSPS) is 22.0. The highest BCUT2D eigenvalue weighted by Crippen LogP contribution is 2.38. The van der Waals surface area contributed by atoms with Gasteiger partial charge in [0.25, 0.3) is 5.91 Å². The number of hydrogen-bond donors (Lipinski definition) is 2. The average molecular weight is 382 g/mol. The van der Waals surface area contributed by atoms with E-state index in [0.29, 0.717) is 17.7 Å². The summed E-state index contributed by atoms with van der Waals surface area (Å²) in [6.45, 7) is 4.44. The Bertz CT molecular complexity index is 824. The fraction of sp³-hybridized carbons (Fsp3) is 0.429. The number of guanidine groups is 1. The van der Waals surface area contributed by atoms with Gasteiger partial charge in [0, 0.05) is 44.4 Å². The fourth-order valence-electron chi connectivity index (χ4n) is 3.91. The van der Waals surface area contributed by atoms with Gasteiger partial charge in [0.2, 0.25) is 0 Å². The van der Waals surface area contributed by atoms with Crippen molar-refractivity contribution in [3.05, 3.63) is 54.0 Å². The lowest BCUT2D eigenvalue weighted by Crippen LogP contribution is -2.41. The van der Waals surface area contributed by atoms with Crippen molar-refractivity contribution in [2.45, 2.75) is 19.4 Å². The maximum absolute atomic E-state index is 12.0. The molecule has 2 aliphatic heterocycles. The van der Waals surface area contributed by atoms with Gasteiger partial charge >= 0.3 is 0 Å². The molecule has 1 aromatic carbocycles. The molecule has 28 heavy (non-hydrogen) atoms. The first kappa shape index (κ1) is 18.6. The first-order valence-corrected chi connectivity index (χ1v) is 9.65. The molecule has 0 aliphatic carbocycles. The SMILES string of the molecule is CN=C(NCc1ccc(NC(=O)c2ccco2)cc1)N1CCC2(CCOC2)C1. The van der Waals surface area contributed by atoms with Gasteiger partial charge in [-0.3, -0.25) is 9.79 Å². The number of carbonyl (C=O) groups excluding carboxylic acids is 1. The van der Waals surface area contributed by atoms with Crippen LogP contribution in [0.5, 0.6) is 0 Å². The summed E-state index contributed by atoms with van der Waals surface area (Å²) in [5.41, 5.74) is 2.17. The summed E-state index contributed by atoms with van der Waals surface area (Å²) in [5, 5.41) is 6.27. The van der Waals surface area contributed by atoms with Gasteiger partial charge in [0.05, 0.1) is 12.9 Å². The molecular formula is C21H26N4O3. The first-order valence-electron chi connectivity index (χ1n) is 9.65. The minimum Gasteiger partial charge on any atom is -0.459 e. The summed E-state index contributed by atoms with van der Waals surface area (Å²) in [4.78, 5) is 18.8. The Labute approximate surface area is 164 Å². The van der Waals surface area contributed by atoms with Crippen molar-refractivity contribution < 1.29 is 13.9 Å². The zero-order valence-corrected chi connectivity index (χ0v) is 16.1. The van der Waals surface area contributed by atoms with Gasteiger partial charge in [-0.25, -0.2) is 0 Å². The van der Waals surface area contributed by atoms with Gasteiger partial charge in [0.1, 0.15) is 0 Å². The lowest BCUT2D eigenvalue weighted by Gasteiger charge is -2.25. The van der Waals surface area contributed by atoms with E-state index in [9.17, 15) is 4.79 Å². The zero-order valence-electron chi connectivity index (χ0n) is 16.1. The van der Waals surface area contributed by atoms with Crippen molar-refractivity contribution in [2.24, 2.45) is 10.4 Å². The minimum atomic E-state index is -0.255. The van der Waals surface area contributed by atoms with Crippen LogP contribution in [-0.4, -0.2) is 50.1 Å². The Balaban J connectivity index is 1.30. The summed E-state index contributed by atoms with van der Waals surface area (Å²) in [6, 6.07) is 11.1. The van der Waals surface area contributed by atoms with Crippen molar-refractivity contribution >= 4 is 17.6 Å². The third-order valence-electron chi connectivity index (χ3n) is 5.54. The lowest BCUT2D eigenvalue weighted by molar-refractivity contribution is 0.0996. The molecule has 2 N–H and O–H groups in total. The van der Waals surface area contributed by atoms with Crippen LogP contribution in [0.4, 0.5) is 5.69 Å². The second-order valence-corrected chi connectivity index (χ2v) is 7.50. The van der Waals surface area contributed by atoms with Crippen LogP contribution < -0.4 is 10.6 Å². The van der Waals surface area contributed by atoms with E-state index in [0.717, 1.165) is 56.4 Å². The molecule has 2 saturated heterocycles. The molecule has 2 fully saturated rings. The number of nitrogens with zero attached hydrogens (tertiary/aromatic N) is 2. The highest BCUT2D eigenvalue weighted by molar-refractivity contribution is 6.02. The van der Waals surface area contributed by atoms with Crippen LogP contribution in [0.1, 0.15) is 29.0 Å². The Morgan fingerprint density at radius 3 is 2.79 bits per heavy atom. The number of furan rings is 1. The third-order valence-corrected chi connectivity index (χ3v) is 5.54. The standard InChI is InChI=1S/C21H26N4O3/c1-22-20(25-10-8-21(14-25)9-12-27-15-21)23-13-16-4-6-17(7-5-16)24-19(26)18-3-2-11-28-18/h2-7,11H,8-10,12-15H2,1H3,(H,22,23)(H,24,26). The molecule has 148 valence electrons. The van der Waals surface area contributed by atoms with E-state index in [2.05, 4.69) is 20.5 Å². The number of ether oxygens (including phenoxy) is 1. The van der Waals surface area contributed by atoms with Crippen LogP contribution in [0.15, 0.2) is 52.1 Å². The van der Waals surface area contributed by atoms with Gasteiger partial charge in [0.15, 0.2) is 11.7 Å². The molecule has 1 aromatic heterocycles. The smallest absolute Gasteiger partial charge is 0.291 e. The van der Waals surface area contributed by atoms with Crippen LogP contribution in [0, 0.1) is 5.41 Å². The number of likely N-dealkylation sites (tertiary alicyclic amines) is 1. The Kier molecular flexibility index (Phi) is 5.34. The monoisotopic (exact) mass is 382 g/mol. The van der Waals surface area contributed by atoms with E-state index in [1.807, 2.05) is 31.3 Å². The quantitative estimate of drug-likeness (QED) is 0.628. The van der Waals surface area contributed by atoms with Gasteiger partial charge in [-0.15, -0.1) is 0 Å². The summed E-state index contributed by atoms with van der Waals surface area (Å²) in [6.07, 6.45) is 3.79. The Morgan fingerprint density at radius 1 is 1.25 bits per heavy atom. The minimum absolute atomic E-state index is 0.255. The molecule has 1 amide bonds. The Hall–Kier alpha value is -2.80. The number of anilines is 1. The van der Waals surface area contributed by atoms with E-state index in [-0.39, 0.29) is 5.91 Å². The zero-order chi connectivity index (χ0) is 19.4. The predicted molar refractivity (Wildman–Crippen MR) is 107 cm³/mol. The van der Waals surface area contributed by atoms with E-state index in [1.165, 1.54) is 6.26 Å². The molecule has 0 bridgehead atoms. The molecule has 2 aliphatic rings. The molecule has 2 aromatic rings. The average Bonchev–Trinajstić information content (AvgIpc) is 3.47. The number of nitrogens with one attached hydrogen (secondary N) is 2.